The summed E-state index contributed by atoms with van der Waals surface area (Å²) in [7, 11) is 0. The molecule has 0 radical (unpaired) electrons. The Kier molecular flexibility index (Phi) is 5.99. The van der Waals surface area contributed by atoms with Gasteiger partial charge in [0.1, 0.15) is 5.92 Å². The van der Waals surface area contributed by atoms with Gasteiger partial charge in [-0.05, 0) is 39.3 Å². The van der Waals surface area contributed by atoms with E-state index in [0.717, 1.165) is 19.6 Å². The molecule has 0 aromatic heterocycles. The summed E-state index contributed by atoms with van der Waals surface area (Å²) in [5, 5.41) is 11.7. The fourth-order valence-corrected chi connectivity index (χ4v) is 2.25. The van der Waals surface area contributed by atoms with E-state index in [2.05, 4.69) is 10.2 Å². The second-order valence-corrected chi connectivity index (χ2v) is 4.86. The Bertz CT molecular complexity index is 279. The van der Waals surface area contributed by atoms with Crippen molar-refractivity contribution in [2.75, 3.05) is 19.6 Å². The molecule has 0 spiro atoms. The van der Waals surface area contributed by atoms with E-state index in [9.17, 15) is 4.79 Å². The smallest absolute Gasteiger partial charge is 0.237 e. The summed E-state index contributed by atoms with van der Waals surface area (Å²) in [6.45, 7) is 7.04. The molecule has 1 aliphatic heterocycles. The lowest BCUT2D eigenvalue weighted by atomic mass is 10.1. The van der Waals surface area contributed by atoms with Crippen LogP contribution < -0.4 is 5.32 Å². The minimum atomic E-state index is -0.501. The largest absolute Gasteiger partial charge is 0.351 e. The van der Waals surface area contributed by atoms with Gasteiger partial charge in [-0.2, -0.15) is 5.26 Å². The molecule has 1 rings (SSSR count). The monoisotopic (exact) mass is 237 g/mol. The van der Waals surface area contributed by atoms with Crippen molar-refractivity contribution in [2.24, 2.45) is 5.92 Å². The molecule has 1 N–H and O–H groups in total. The van der Waals surface area contributed by atoms with Crippen LogP contribution in [0.4, 0.5) is 0 Å². The third-order valence-electron chi connectivity index (χ3n) is 3.25. The molecule has 1 saturated heterocycles. The summed E-state index contributed by atoms with van der Waals surface area (Å²) in [5.74, 6) is -0.627. The molecule has 4 nitrogen and oxygen atoms in total. The Hall–Kier alpha value is -1.08. The molecule has 0 aliphatic carbocycles. The van der Waals surface area contributed by atoms with Crippen LogP contribution in [-0.4, -0.2) is 36.5 Å². The van der Waals surface area contributed by atoms with Crippen molar-refractivity contribution in [1.82, 2.24) is 10.2 Å². The number of carbonyl (C=O) groups excluding carboxylic acids is 1. The van der Waals surface area contributed by atoms with Gasteiger partial charge < -0.3 is 10.2 Å². The Morgan fingerprint density at radius 3 is 2.59 bits per heavy atom. The minimum absolute atomic E-state index is 0.125. The summed E-state index contributed by atoms with van der Waals surface area (Å²) >= 11 is 0. The van der Waals surface area contributed by atoms with Crippen LogP contribution >= 0.6 is 0 Å². The molecule has 96 valence electrons. The maximum atomic E-state index is 11.7. The maximum absolute atomic E-state index is 11.7. The number of nitriles is 1. The highest BCUT2D eigenvalue weighted by molar-refractivity contribution is 5.81. The Morgan fingerprint density at radius 2 is 2.06 bits per heavy atom. The molecule has 1 amide bonds. The number of piperidine rings is 1. The van der Waals surface area contributed by atoms with Crippen LogP contribution in [0, 0.1) is 17.2 Å². The lowest BCUT2D eigenvalue weighted by Crippen LogP contribution is -2.45. The Morgan fingerprint density at radius 1 is 1.41 bits per heavy atom. The fraction of sp³-hybridized carbons (Fsp3) is 0.846. The average molecular weight is 237 g/mol. The average Bonchev–Trinajstić information content (AvgIpc) is 2.31. The summed E-state index contributed by atoms with van der Waals surface area (Å²) < 4.78 is 0. The van der Waals surface area contributed by atoms with Crippen LogP contribution in [0.5, 0.6) is 0 Å². The van der Waals surface area contributed by atoms with E-state index in [1.165, 1.54) is 19.3 Å². The van der Waals surface area contributed by atoms with Crippen molar-refractivity contribution >= 4 is 5.91 Å². The van der Waals surface area contributed by atoms with E-state index < -0.39 is 5.92 Å². The van der Waals surface area contributed by atoms with Gasteiger partial charge in [0, 0.05) is 12.6 Å². The highest BCUT2D eigenvalue weighted by Gasteiger charge is 2.19. The molecule has 4 heteroatoms. The zero-order valence-electron chi connectivity index (χ0n) is 10.9. The summed E-state index contributed by atoms with van der Waals surface area (Å²) in [6, 6.07) is 2.16. The predicted molar refractivity (Wildman–Crippen MR) is 67.3 cm³/mol. The van der Waals surface area contributed by atoms with Gasteiger partial charge >= 0.3 is 0 Å². The van der Waals surface area contributed by atoms with Crippen LogP contribution in [0.3, 0.4) is 0 Å². The molecular weight excluding hydrogens is 214 g/mol. The van der Waals surface area contributed by atoms with Crippen molar-refractivity contribution in [1.29, 1.82) is 5.26 Å². The molecule has 0 saturated carbocycles. The third kappa shape index (κ3) is 4.74. The highest BCUT2D eigenvalue weighted by Crippen LogP contribution is 2.09. The van der Waals surface area contributed by atoms with Crippen molar-refractivity contribution in [3.63, 3.8) is 0 Å². The number of hydrogen-bond donors (Lipinski definition) is 1. The van der Waals surface area contributed by atoms with Crippen molar-refractivity contribution in [2.45, 2.75) is 45.6 Å². The maximum Gasteiger partial charge on any atom is 0.237 e. The van der Waals surface area contributed by atoms with E-state index in [0.29, 0.717) is 6.42 Å². The molecule has 1 fully saturated rings. The van der Waals surface area contributed by atoms with Crippen LogP contribution in [0.25, 0.3) is 0 Å². The van der Waals surface area contributed by atoms with Crippen LogP contribution in [0.15, 0.2) is 0 Å². The number of amides is 1. The van der Waals surface area contributed by atoms with Crippen LogP contribution in [0.1, 0.15) is 39.5 Å². The predicted octanol–water partition coefficient (Wildman–Crippen LogP) is 1.53. The molecule has 0 aromatic carbocycles. The number of rotatable bonds is 5. The van der Waals surface area contributed by atoms with Gasteiger partial charge in [0.15, 0.2) is 0 Å². The quantitative estimate of drug-likeness (QED) is 0.789. The molecule has 17 heavy (non-hydrogen) atoms. The van der Waals surface area contributed by atoms with E-state index in [4.69, 9.17) is 5.26 Å². The first-order valence-corrected chi connectivity index (χ1v) is 6.59. The number of nitrogens with zero attached hydrogens (tertiary/aromatic N) is 2. The fourth-order valence-electron chi connectivity index (χ4n) is 2.25. The first-order valence-electron chi connectivity index (χ1n) is 6.59. The van der Waals surface area contributed by atoms with E-state index >= 15 is 0 Å². The van der Waals surface area contributed by atoms with Gasteiger partial charge in [0.05, 0.1) is 6.07 Å². The summed E-state index contributed by atoms with van der Waals surface area (Å²) in [6.07, 6.45) is 4.43. The number of hydrogen-bond acceptors (Lipinski definition) is 3. The van der Waals surface area contributed by atoms with Crippen LogP contribution in [-0.2, 0) is 4.79 Å². The Balaban J connectivity index is 2.30. The molecule has 0 bridgehead atoms. The summed E-state index contributed by atoms with van der Waals surface area (Å²) in [5.41, 5.74) is 0. The van der Waals surface area contributed by atoms with Gasteiger partial charge in [-0.1, -0.05) is 13.3 Å². The molecule has 2 atom stereocenters. The molecule has 0 aromatic rings. The van der Waals surface area contributed by atoms with Crippen LogP contribution in [0.2, 0.25) is 0 Å². The first kappa shape index (κ1) is 14.0. The van der Waals surface area contributed by atoms with Crippen molar-refractivity contribution < 1.29 is 4.79 Å². The molecule has 2 unspecified atom stereocenters. The zero-order valence-corrected chi connectivity index (χ0v) is 10.9. The van der Waals surface area contributed by atoms with Crippen molar-refractivity contribution in [3.05, 3.63) is 0 Å². The SMILES string of the molecule is CCC(C#N)C(=O)NC(C)CN1CCCCC1. The van der Waals surface area contributed by atoms with Gasteiger partial charge in [-0.25, -0.2) is 0 Å². The van der Waals surface area contributed by atoms with Crippen molar-refractivity contribution in [3.8, 4) is 6.07 Å². The van der Waals surface area contributed by atoms with E-state index in [1.54, 1.807) is 0 Å². The second-order valence-electron chi connectivity index (χ2n) is 4.86. The van der Waals surface area contributed by atoms with E-state index in [1.807, 2.05) is 19.9 Å². The third-order valence-corrected chi connectivity index (χ3v) is 3.25. The zero-order chi connectivity index (χ0) is 12.7. The lowest BCUT2D eigenvalue weighted by Gasteiger charge is -2.29. The normalized spacial score (nSPS) is 20.3. The Labute approximate surface area is 104 Å². The van der Waals surface area contributed by atoms with Gasteiger partial charge in [-0.15, -0.1) is 0 Å². The number of carbonyl (C=O) groups is 1. The summed E-state index contributed by atoms with van der Waals surface area (Å²) in [4.78, 5) is 14.1. The lowest BCUT2D eigenvalue weighted by molar-refractivity contribution is -0.124. The second kappa shape index (κ2) is 7.29. The number of likely N-dealkylation sites (tertiary alicyclic amines) is 1. The van der Waals surface area contributed by atoms with Gasteiger partial charge in [0.25, 0.3) is 0 Å². The topological polar surface area (TPSA) is 56.1 Å². The minimum Gasteiger partial charge on any atom is -0.351 e. The first-order chi connectivity index (χ1) is 8.17. The highest BCUT2D eigenvalue weighted by atomic mass is 16.1. The standard InChI is InChI=1S/C13H23N3O/c1-3-12(9-14)13(17)15-11(2)10-16-7-5-4-6-8-16/h11-12H,3-8,10H2,1-2H3,(H,15,17). The number of nitrogens with one attached hydrogen (secondary N) is 1. The molecule has 1 heterocycles. The van der Waals surface area contributed by atoms with E-state index in [-0.39, 0.29) is 11.9 Å². The molecule has 1 aliphatic rings. The molecular formula is C13H23N3O. The van der Waals surface area contributed by atoms with Gasteiger partial charge in [0.2, 0.25) is 5.91 Å². The van der Waals surface area contributed by atoms with Gasteiger partial charge in [-0.3, -0.25) is 4.79 Å².